The van der Waals surface area contributed by atoms with Gasteiger partial charge < -0.3 is 14.8 Å². The third-order valence-corrected chi connectivity index (χ3v) is 2.48. The Morgan fingerprint density at radius 3 is 3.11 bits per heavy atom. The Balaban J connectivity index is 1.75. The lowest BCUT2D eigenvalue weighted by molar-refractivity contribution is 0.410. The molecule has 0 spiro atoms. The van der Waals surface area contributed by atoms with E-state index < -0.39 is 0 Å². The van der Waals surface area contributed by atoms with Gasteiger partial charge in [0.2, 0.25) is 11.7 Å². The Morgan fingerprint density at radius 1 is 1.33 bits per heavy atom. The molecule has 92 valence electrons. The van der Waals surface area contributed by atoms with Crippen molar-refractivity contribution >= 4 is 28.6 Å². The van der Waals surface area contributed by atoms with Gasteiger partial charge in [-0.05, 0) is 11.6 Å². The molecule has 0 aliphatic heterocycles. The number of aromatic nitrogens is 6. The molecule has 0 saturated carbocycles. The monoisotopic (exact) mass is 265 g/mol. The van der Waals surface area contributed by atoms with Crippen LogP contribution in [-0.4, -0.2) is 36.6 Å². The molecule has 3 aromatic heterocycles. The summed E-state index contributed by atoms with van der Waals surface area (Å²) in [6, 6.07) is 0. The van der Waals surface area contributed by atoms with Gasteiger partial charge in [-0.15, -0.1) is 0 Å². The van der Waals surface area contributed by atoms with Gasteiger partial charge in [0.15, 0.2) is 17.3 Å². The van der Waals surface area contributed by atoms with Gasteiger partial charge in [-0.3, -0.25) is 0 Å². The zero-order chi connectivity index (χ0) is 12.4. The number of H-pyrrole nitrogens is 1. The normalized spacial score (nSPS) is 10.9. The number of aromatic amines is 1. The fraction of sp³-hybridized carbons (Fsp3) is 0.222. The minimum absolute atomic E-state index is 0.150. The van der Waals surface area contributed by atoms with E-state index in [1.165, 1.54) is 6.39 Å². The number of fused-ring (bicyclic) bond motifs is 1. The van der Waals surface area contributed by atoms with Crippen molar-refractivity contribution in [2.75, 3.05) is 11.9 Å². The van der Waals surface area contributed by atoms with Crippen LogP contribution in [0.3, 0.4) is 0 Å². The maximum absolute atomic E-state index is 5.80. The molecule has 2 N–H and O–H groups in total. The van der Waals surface area contributed by atoms with Gasteiger partial charge in [-0.1, -0.05) is 5.16 Å². The molecule has 3 heterocycles. The van der Waals surface area contributed by atoms with Gasteiger partial charge in [0, 0.05) is 13.0 Å². The summed E-state index contributed by atoms with van der Waals surface area (Å²) in [5.74, 6) is 1.23. The molecule has 0 aliphatic carbocycles. The Bertz CT molecular complexity index is 650. The number of hydrogen-bond acceptors (Lipinski definition) is 7. The van der Waals surface area contributed by atoms with Crippen LogP contribution < -0.4 is 5.32 Å². The number of halogens is 1. The summed E-state index contributed by atoms with van der Waals surface area (Å²) in [6.07, 6.45) is 3.46. The summed E-state index contributed by atoms with van der Waals surface area (Å²) in [6.45, 7) is 0.598. The largest absolute Gasteiger partial charge is 0.368 e. The highest BCUT2D eigenvalue weighted by Crippen LogP contribution is 2.18. The summed E-state index contributed by atoms with van der Waals surface area (Å²) in [5.41, 5.74) is 1.24. The predicted octanol–water partition coefficient (Wildman–Crippen LogP) is 1.04. The molecule has 0 radical (unpaired) electrons. The van der Waals surface area contributed by atoms with Crippen LogP contribution in [0.2, 0.25) is 5.28 Å². The van der Waals surface area contributed by atoms with Crippen molar-refractivity contribution in [2.45, 2.75) is 6.42 Å². The van der Waals surface area contributed by atoms with Crippen LogP contribution in [0.4, 0.5) is 5.82 Å². The van der Waals surface area contributed by atoms with Crippen LogP contribution >= 0.6 is 11.6 Å². The number of imidazole rings is 1. The fourth-order valence-corrected chi connectivity index (χ4v) is 1.69. The van der Waals surface area contributed by atoms with Crippen molar-refractivity contribution in [3.63, 3.8) is 0 Å². The van der Waals surface area contributed by atoms with Crippen LogP contribution in [0.5, 0.6) is 0 Å². The molecule has 0 bridgehead atoms. The Kier molecular flexibility index (Phi) is 2.77. The second kappa shape index (κ2) is 4.57. The third kappa shape index (κ3) is 2.09. The van der Waals surface area contributed by atoms with Crippen LogP contribution in [0.25, 0.3) is 11.2 Å². The lowest BCUT2D eigenvalue weighted by atomic mass is 10.4. The first-order chi connectivity index (χ1) is 8.83. The van der Waals surface area contributed by atoms with Gasteiger partial charge in [-0.25, -0.2) is 4.98 Å². The standard InChI is InChI=1S/C9H8ClN7O/c10-9-15-7(6-8(16-9)13-3-12-6)11-2-1-5-14-4-18-17-5/h3-4H,1-2H2,(H2,11,12,13,15,16). The van der Waals surface area contributed by atoms with Crippen LogP contribution in [0.15, 0.2) is 17.2 Å². The van der Waals surface area contributed by atoms with Crippen molar-refractivity contribution in [2.24, 2.45) is 0 Å². The van der Waals surface area contributed by atoms with E-state index in [9.17, 15) is 0 Å². The highest BCUT2D eigenvalue weighted by atomic mass is 35.5. The van der Waals surface area contributed by atoms with E-state index in [2.05, 4.69) is 39.9 Å². The molecule has 18 heavy (non-hydrogen) atoms. The molecule has 3 aromatic rings. The highest BCUT2D eigenvalue weighted by molar-refractivity contribution is 6.28. The van der Waals surface area contributed by atoms with E-state index in [-0.39, 0.29) is 5.28 Å². The summed E-state index contributed by atoms with van der Waals surface area (Å²) in [4.78, 5) is 19.0. The number of nitrogens with zero attached hydrogens (tertiary/aromatic N) is 5. The Labute approximate surface area is 106 Å². The predicted molar refractivity (Wildman–Crippen MR) is 63.2 cm³/mol. The Morgan fingerprint density at radius 2 is 2.28 bits per heavy atom. The SMILES string of the molecule is Clc1nc(NCCc2ncon2)c2[nH]cnc2n1. The first-order valence-electron chi connectivity index (χ1n) is 5.18. The smallest absolute Gasteiger partial charge is 0.226 e. The number of hydrogen-bond donors (Lipinski definition) is 2. The van der Waals surface area contributed by atoms with Crippen molar-refractivity contribution in [1.29, 1.82) is 0 Å². The molecule has 0 aromatic carbocycles. The van der Waals surface area contributed by atoms with Crippen molar-refractivity contribution in [3.05, 3.63) is 23.8 Å². The summed E-state index contributed by atoms with van der Waals surface area (Å²) < 4.78 is 4.64. The van der Waals surface area contributed by atoms with Crippen molar-refractivity contribution in [3.8, 4) is 0 Å². The topological polar surface area (TPSA) is 105 Å². The summed E-state index contributed by atoms with van der Waals surface area (Å²) in [5, 5.41) is 6.99. The first kappa shape index (κ1) is 10.9. The van der Waals surface area contributed by atoms with E-state index >= 15 is 0 Å². The van der Waals surface area contributed by atoms with Gasteiger partial charge in [0.05, 0.1) is 6.33 Å². The lowest BCUT2D eigenvalue weighted by Crippen LogP contribution is -2.08. The van der Waals surface area contributed by atoms with E-state index in [0.29, 0.717) is 35.8 Å². The van der Waals surface area contributed by atoms with Gasteiger partial charge in [0.1, 0.15) is 5.52 Å². The van der Waals surface area contributed by atoms with Crippen LogP contribution in [0.1, 0.15) is 5.82 Å². The second-order valence-corrected chi connectivity index (χ2v) is 3.80. The molecule has 3 rings (SSSR count). The molecule has 0 atom stereocenters. The average molecular weight is 266 g/mol. The van der Waals surface area contributed by atoms with Crippen LogP contribution in [-0.2, 0) is 6.42 Å². The molecule has 0 unspecified atom stereocenters. The minimum atomic E-state index is 0.150. The number of nitrogens with one attached hydrogen (secondary N) is 2. The molecular weight excluding hydrogens is 258 g/mol. The van der Waals surface area contributed by atoms with E-state index in [1.807, 2.05) is 0 Å². The maximum atomic E-state index is 5.80. The molecule has 9 heteroatoms. The lowest BCUT2D eigenvalue weighted by Gasteiger charge is -2.04. The van der Waals surface area contributed by atoms with Crippen molar-refractivity contribution < 1.29 is 4.52 Å². The minimum Gasteiger partial charge on any atom is -0.368 e. The second-order valence-electron chi connectivity index (χ2n) is 3.47. The van der Waals surface area contributed by atoms with Gasteiger partial charge in [0.25, 0.3) is 0 Å². The molecule has 0 amide bonds. The van der Waals surface area contributed by atoms with Crippen molar-refractivity contribution in [1.82, 2.24) is 30.1 Å². The average Bonchev–Trinajstić information content (AvgIpc) is 2.98. The first-order valence-corrected chi connectivity index (χ1v) is 5.56. The van der Waals surface area contributed by atoms with Gasteiger partial charge in [-0.2, -0.15) is 15.0 Å². The van der Waals surface area contributed by atoms with Gasteiger partial charge >= 0.3 is 0 Å². The summed E-state index contributed by atoms with van der Waals surface area (Å²) >= 11 is 5.80. The quantitative estimate of drug-likeness (QED) is 0.679. The van der Waals surface area contributed by atoms with E-state index in [4.69, 9.17) is 11.6 Å². The third-order valence-electron chi connectivity index (χ3n) is 2.31. The summed E-state index contributed by atoms with van der Waals surface area (Å²) in [7, 11) is 0. The number of rotatable bonds is 4. The maximum Gasteiger partial charge on any atom is 0.226 e. The molecule has 0 aliphatic rings. The zero-order valence-electron chi connectivity index (χ0n) is 9.09. The molecular formula is C9H8ClN7O. The van der Waals surface area contributed by atoms with Crippen LogP contribution in [0, 0.1) is 0 Å². The zero-order valence-corrected chi connectivity index (χ0v) is 9.85. The molecule has 0 saturated heterocycles. The molecule has 0 fully saturated rings. The highest BCUT2D eigenvalue weighted by Gasteiger charge is 2.08. The number of anilines is 1. The molecule has 8 nitrogen and oxygen atoms in total. The fourth-order valence-electron chi connectivity index (χ4n) is 1.53. The Hall–Kier alpha value is -2.22. The van der Waals surface area contributed by atoms with E-state index in [1.54, 1.807) is 6.33 Å². The van der Waals surface area contributed by atoms with E-state index in [0.717, 1.165) is 0 Å².